The van der Waals surface area contributed by atoms with Crippen LogP contribution >= 0.6 is 0 Å². The Hall–Kier alpha value is -1.57. The van der Waals surface area contributed by atoms with Gasteiger partial charge in [-0.15, -0.1) is 0 Å². The second-order valence-electron chi connectivity index (χ2n) is 4.17. The van der Waals surface area contributed by atoms with Crippen LogP contribution in [0.5, 0.6) is 5.75 Å². The van der Waals surface area contributed by atoms with E-state index in [2.05, 4.69) is 11.4 Å². The van der Waals surface area contributed by atoms with Crippen LogP contribution in [0.3, 0.4) is 0 Å². The summed E-state index contributed by atoms with van der Waals surface area (Å²) in [4.78, 5) is 0. The highest BCUT2D eigenvalue weighted by molar-refractivity contribution is 5.42. The van der Waals surface area contributed by atoms with Gasteiger partial charge in [-0.1, -0.05) is 19.1 Å². The smallest absolute Gasteiger partial charge is 0.137 e. The Morgan fingerprint density at radius 1 is 1.47 bits per heavy atom. The van der Waals surface area contributed by atoms with Crippen molar-refractivity contribution in [2.24, 2.45) is 0 Å². The van der Waals surface area contributed by atoms with Gasteiger partial charge in [-0.25, -0.2) is 0 Å². The van der Waals surface area contributed by atoms with Crippen molar-refractivity contribution in [2.75, 3.05) is 19.7 Å². The zero-order valence-corrected chi connectivity index (χ0v) is 10.2. The molecule has 17 heavy (non-hydrogen) atoms. The van der Waals surface area contributed by atoms with Gasteiger partial charge in [0.1, 0.15) is 24.0 Å². The molecule has 0 aliphatic rings. The Kier molecular flexibility index (Phi) is 4.95. The summed E-state index contributed by atoms with van der Waals surface area (Å²) in [5.74, 6) is 0.506. The lowest BCUT2D eigenvalue weighted by Crippen LogP contribution is -2.42. The van der Waals surface area contributed by atoms with Crippen LogP contribution in [0.25, 0.3) is 0 Å². The van der Waals surface area contributed by atoms with E-state index >= 15 is 0 Å². The summed E-state index contributed by atoms with van der Waals surface area (Å²) < 4.78 is 5.48. The largest absolute Gasteiger partial charge is 0.489 e. The average Bonchev–Trinajstić information content (AvgIpc) is 2.34. The summed E-state index contributed by atoms with van der Waals surface area (Å²) in [5, 5.41) is 21.9. The van der Waals surface area contributed by atoms with E-state index in [9.17, 15) is 5.11 Å². The second kappa shape index (κ2) is 6.24. The topological polar surface area (TPSA) is 65.3 Å². The minimum Gasteiger partial charge on any atom is -0.489 e. The van der Waals surface area contributed by atoms with Crippen LogP contribution < -0.4 is 10.1 Å². The Balaban J connectivity index is 2.58. The molecule has 0 fully saturated rings. The minimum atomic E-state index is -0.946. The predicted molar refractivity (Wildman–Crippen MR) is 65.8 cm³/mol. The highest BCUT2D eigenvalue weighted by Gasteiger charge is 2.21. The molecule has 1 aromatic rings. The number of ether oxygens (including phenoxy) is 1. The fourth-order valence-electron chi connectivity index (χ4n) is 1.36. The summed E-state index contributed by atoms with van der Waals surface area (Å²) in [6.45, 7) is 5.08. The first-order valence-electron chi connectivity index (χ1n) is 5.64. The Morgan fingerprint density at radius 2 is 2.18 bits per heavy atom. The minimum absolute atomic E-state index is 0.151. The van der Waals surface area contributed by atoms with E-state index in [0.29, 0.717) is 17.9 Å². The van der Waals surface area contributed by atoms with Crippen LogP contribution in [0.1, 0.15) is 19.4 Å². The van der Waals surface area contributed by atoms with Crippen molar-refractivity contribution in [3.8, 4) is 11.8 Å². The van der Waals surface area contributed by atoms with Gasteiger partial charge in [-0.3, -0.25) is 0 Å². The van der Waals surface area contributed by atoms with E-state index in [1.165, 1.54) is 0 Å². The van der Waals surface area contributed by atoms with Gasteiger partial charge in [0.15, 0.2) is 0 Å². The van der Waals surface area contributed by atoms with Crippen molar-refractivity contribution >= 4 is 0 Å². The molecule has 1 unspecified atom stereocenters. The molecule has 1 aromatic carbocycles. The van der Waals surface area contributed by atoms with Gasteiger partial charge >= 0.3 is 0 Å². The molecule has 0 radical (unpaired) electrons. The molecule has 0 saturated carbocycles. The van der Waals surface area contributed by atoms with Gasteiger partial charge < -0.3 is 15.2 Å². The van der Waals surface area contributed by atoms with Gasteiger partial charge in [-0.05, 0) is 25.6 Å². The summed E-state index contributed by atoms with van der Waals surface area (Å²) in [5.41, 5.74) is -0.467. The van der Waals surface area contributed by atoms with Crippen LogP contribution in [0, 0.1) is 11.3 Å². The molecule has 0 heterocycles. The third kappa shape index (κ3) is 4.43. The van der Waals surface area contributed by atoms with Gasteiger partial charge in [0, 0.05) is 6.54 Å². The highest BCUT2D eigenvalue weighted by atomic mass is 16.5. The Morgan fingerprint density at radius 3 is 2.82 bits per heavy atom. The van der Waals surface area contributed by atoms with Crippen LogP contribution in [-0.4, -0.2) is 30.4 Å². The maximum Gasteiger partial charge on any atom is 0.137 e. The van der Waals surface area contributed by atoms with Crippen LogP contribution in [0.2, 0.25) is 0 Å². The maximum absolute atomic E-state index is 10.0. The van der Waals surface area contributed by atoms with E-state index in [4.69, 9.17) is 10.00 Å². The summed E-state index contributed by atoms with van der Waals surface area (Å²) >= 11 is 0. The first-order chi connectivity index (χ1) is 8.09. The molecule has 1 atom stereocenters. The van der Waals surface area contributed by atoms with E-state index in [0.717, 1.165) is 6.54 Å². The van der Waals surface area contributed by atoms with Gasteiger partial charge in [0.2, 0.25) is 0 Å². The molecule has 0 bridgehead atoms. The molecule has 1 rings (SSSR count). The van der Waals surface area contributed by atoms with Crippen molar-refractivity contribution in [2.45, 2.75) is 19.4 Å². The fraction of sp³-hybridized carbons (Fsp3) is 0.462. The summed E-state index contributed by atoms with van der Waals surface area (Å²) in [7, 11) is 0. The van der Waals surface area contributed by atoms with E-state index in [1.807, 2.05) is 6.92 Å². The zero-order chi connectivity index (χ0) is 12.7. The first kappa shape index (κ1) is 13.5. The number of hydrogen-bond donors (Lipinski definition) is 2. The van der Waals surface area contributed by atoms with Gasteiger partial charge in [-0.2, -0.15) is 5.26 Å². The van der Waals surface area contributed by atoms with E-state index in [1.54, 1.807) is 31.2 Å². The van der Waals surface area contributed by atoms with Gasteiger partial charge in [0.25, 0.3) is 0 Å². The summed E-state index contributed by atoms with van der Waals surface area (Å²) in [6, 6.07) is 9.05. The molecule has 4 heteroatoms. The molecule has 0 saturated heterocycles. The lowest BCUT2D eigenvalue weighted by molar-refractivity contribution is 0.0126. The Labute approximate surface area is 102 Å². The number of para-hydroxylation sites is 1. The van der Waals surface area contributed by atoms with Crippen LogP contribution in [0.4, 0.5) is 0 Å². The quantitative estimate of drug-likeness (QED) is 0.778. The lowest BCUT2D eigenvalue weighted by Gasteiger charge is -2.23. The molecule has 0 aliphatic carbocycles. The molecular weight excluding hydrogens is 216 g/mol. The summed E-state index contributed by atoms with van der Waals surface area (Å²) in [6.07, 6.45) is 0. The molecular formula is C13H18N2O2. The number of nitrogens with one attached hydrogen (secondary N) is 1. The molecule has 0 amide bonds. The molecule has 0 spiro atoms. The predicted octanol–water partition coefficient (Wildman–Crippen LogP) is 1.30. The Bertz CT molecular complexity index is 397. The number of benzene rings is 1. The lowest BCUT2D eigenvalue weighted by atomic mass is 10.1. The SMILES string of the molecule is CCNCC(C)(O)COc1ccccc1C#N. The maximum atomic E-state index is 10.0. The van der Waals surface area contributed by atoms with E-state index in [-0.39, 0.29) is 6.61 Å². The number of rotatable bonds is 6. The van der Waals surface area contributed by atoms with Crippen molar-refractivity contribution in [1.82, 2.24) is 5.32 Å². The normalized spacial score (nSPS) is 13.8. The number of hydrogen-bond acceptors (Lipinski definition) is 4. The third-order valence-electron chi connectivity index (χ3n) is 2.30. The molecule has 2 N–H and O–H groups in total. The molecule has 4 nitrogen and oxygen atoms in total. The first-order valence-corrected chi connectivity index (χ1v) is 5.64. The zero-order valence-electron chi connectivity index (χ0n) is 10.2. The number of aliphatic hydroxyl groups is 1. The third-order valence-corrected chi connectivity index (χ3v) is 2.30. The monoisotopic (exact) mass is 234 g/mol. The number of likely N-dealkylation sites (N-methyl/N-ethyl adjacent to an activating group) is 1. The second-order valence-corrected chi connectivity index (χ2v) is 4.17. The fourth-order valence-corrected chi connectivity index (χ4v) is 1.36. The van der Waals surface area contributed by atoms with Crippen molar-refractivity contribution in [1.29, 1.82) is 5.26 Å². The van der Waals surface area contributed by atoms with E-state index < -0.39 is 5.60 Å². The molecule has 0 aliphatic heterocycles. The van der Waals surface area contributed by atoms with Crippen molar-refractivity contribution in [3.05, 3.63) is 29.8 Å². The standard InChI is InChI=1S/C13H18N2O2/c1-3-15-9-13(2,16)10-17-12-7-5-4-6-11(12)8-14/h4-7,15-16H,3,9-10H2,1-2H3. The van der Waals surface area contributed by atoms with Crippen LogP contribution in [0.15, 0.2) is 24.3 Å². The number of nitriles is 1. The highest BCUT2D eigenvalue weighted by Crippen LogP contribution is 2.18. The van der Waals surface area contributed by atoms with Crippen molar-refractivity contribution < 1.29 is 9.84 Å². The van der Waals surface area contributed by atoms with Crippen LogP contribution in [-0.2, 0) is 0 Å². The number of nitrogens with zero attached hydrogens (tertiary/aromatic N) is 1. The van der Waals surface area contributed by atoms with Gasteiger partial charge in [0.05, 0.1) is 5.56 Å². The molecule has 92 valence electrons. The average molecular weight is 234 g/mol. The van der Waals surface area contributed by atoms with Crippen molar-refractivity contribution in [3.63, 3.8) is 0 Å². The molecule has 0 aromatic heterocycles.